The molecule has 4 spiro atoms. The molecule has 2 N–H and O–H groups in total. The van der Waals surface area contributed by atoms with Gasteiger partial charge in [-0.15, -0.1) is 0 Å². The van der Waals surface area contributed by atoms with E-state index in [1.807, 2.05) is 32.1 Å². The summed E-state index contributed by atoms with van der Waals surface area (Å²) < 4.78 is 31.3. The lowest BCUT2D eigenvalue weighted by atomic mass is 9.33. The van der Waals surface area contributed by atoms with E-state index in [4.69, 9.17) is 23.4 Å². The van der Waals surface area contributed by atoms with Gasteiger partial charge < -0.3 is 33.6 Å². The average molecular weight is 611 g/mol. The smallest absolute Gasteiger partial charge is 0.339 e. The van der Waals surface area contributed by atoms with E-state index in [0.717, 1.165) is 18.4 Å². The summed E-state index contributed by atoms with van der Waals surface area (Å²) in [5.41, 5.74) is -5.60. The molecule has 4 aliphatic carbocycles. The third-order valence-electron chi connectivity index (χ3n) is 13.3. The number of Topliss-reactive ketones (excluding diaryl/α,β-unsaturated/α-hetero) is 1. The van der Waals surface area contributed by atoms with Gasteiger partial charge in [0.05, 0.1) is 35.2 Å². The molecule has 10 heteroatoms. The number of ether oxygens (including phenoxy) is 4. The number of fused-ring (bicyclic) bond motifs is 2. The second-order valence-corrected chi connectivity index (χ2v) is 15.1. The standard InChI is InChI=1S/C34H42O10/c1-5-7-18(16-35)14-20-19(9-13-40-20)26-30(4)12-8-21-31(34(30)27(44-34)28(39)42-26)10-6-11-33(25(38)24(31)37)29(2,3)43-22-15-23(36)41-17-32(21,22)33/h6,9,11,13,18,21-22,24,26-27,35,37H,5,7-8,10,12,14-17H2,1-4H3/t18-,21+,22-,24+,26+,27+,30+,31-,32+,33-,34-/m0/s1. The second kappa shape index (κ2) is 8.84. The number of allylic oxidation sites excluding steroid dienone is 1. The molecule has 5 heterocycles. The van der Waals surface area contributed by atoms with Crippen LogP contribution in [0.3, 0.4) is 0 Å². The Labute approximate surface area is 256 Å². The predicted octanol–water partition coefficient (Wildman–Crippen LogP) is 3.37. The number of epoxide rings is 1. The van der Waals surface area contributed by atoms with Crippen molar-refractivity contribution in [3.8, 4) is 0 Å². The molecule has 0 unspecified atom stereocenters. The Morgan fingerprint density at radius 1 is 1.09 bits per heavy atom. The Hall–Kier alpha value is -2.53. The van der Waals surface area contributed by atoms with Crippen LogP contribution in [-0.4, -0.2) is 70.7 Å². The summed E-state index contributed by atoms with van der Waals surface area (Å²) in [6, 6.07) is 1.84. The van der Waals surface area contributed by atoms with E-state index < -0.39 is 63.2 Å². The van der Waals surface area contributed by atoms with Crippen LogP contribution in [0.15, 0.2) is 28.9 Å². The largest absolute Gasteiger partial charge is 0.469 e. The van der Waals surface area contributed by atoms with Crippen LogP contribution in [0.1, 0.15) is 83.6 Å². The predicted molar refractivity (Wildman–Crippen MR) is 152 cm³/mol. The third kappa shape index (κ3) is 2.88. The molecule has 10 nitrogen and oxygen atoms in total. The highest BCUT2D eigenvalue weighted by Crippen LogP contribution is 2.84. The highest BCUT2D eigenvalue weighted by Gasteiger charge is 2.94. The van der Waals surface area contributed by atoms with E-state index in [1.54, 1.807) is 6.26 Å². The maximum Gasteiger partial charge on any atom is 0.339 e. The average Bonchev–Trinajstić information content (AvgIpc) is 3.61. The molecule has 2 bridgehead atoms. The minimum atomic E-state index is -1.43. The number of aliphatic hydroxyl groups is 2. The molecule has 1 aromatic heterocycles. The van der Waals surface area contributed by atoms with Crippen LogP contribution >= 0.6 is 0 Å². The molecule has 6 fully saturated rings. The normalized spacial score (nSPS) is 48.2. The number of cyclic esters (lactones) is 2. The molecule has 0 radical (unpaired) electrons. The van der Waals surface area contributed by atoms with Crippen molar-refractivity contribution in [2.24, 2.45) is 33.5 Å². The fourth-order valence-electron chi connectivity index (χ4n) is 11.7. The van der Waals surface area contributed by atoms with Crippen molar-refractivity contribution in [1.29, 1.82) is 0 Å². The minimum Gasteiger partial charge on any atom is -0.469 e. The Morgan fingerprint density at radius 2 is 1.89 bits per heavy atom. The lowest BCUT2D eigenvalue weighted by Gasteiger charge is -2.68. The summed E-state index contributed by atoms with van der Waals surface area (Å²) in [6.07, 6.45) is 5.56. The summed E-state index contributed by atoms with van der Waals surface area (Å²) in [4.78, 5) is 41.3. The molecule has 8 aliphatic rings. The molecule has 4 aliphatic heterocycles. The molecule has 9 rings (SSSR count). The lowest BCUT2D eigenvalue weighted by molar-refractivity contribution is -0.262. The third-order valence-corrected chi connectivity index (χ3v) is 13.3. The SMILES string of the molecule is CCC[C@H](CO)Cc1occc1[C@H]1OC(=O)[C@H]2O[C@@]23[C@]24CC=C[C@]5(C(=O)[C@H]2O)C(C)(C)O[C@H]2CC(=O)OC[C@@]25[C@@H]4CC[C@]13C. The molecule has 44 heavy (non-hydrogen) atoms. The fourth-order valence-corrected chi connectivity index (χ4v) is 11.7. The van der Waals surface area contributed by atoms with Crippen LogP contribution in [0.4, 0.5) is 0 Å². The van der Waals surface area contributed by atoms with E-state index in [2.05, 4.69) is 13.8 Å². The van der Waals surface area contributed by atoms with Crippen LogP contribution in [0.5, 0.6) is 0 Å². The number of esters is 2. The van der Waals surface area contributed by atoms with Crippen molar-refractivity contribution in [2.75, 3.05) is 13.2 Å². The van der Waals surface area contributed by atoms with Gasteiger partial charge in [-0.3, -0.25) is 9.59 Å². The summed E-state index contributed by atoms with van der Waals surface area (Å²) in [6.45, 7) is 7.90. The number of hydrogen-bond acceptors (Lipinski definition) is 10. The second-order valence-electron chi connectivity index (χ2n) is 15.1. The summed E-state index contributed by atoms with van der Waals surface area (Å²) in [7, 11) is 0. The number of rotatable bonds is 6. The minimum absolute atomic E-state index is 0.00103. The quantitative estimate of drug-likeness (QED) is 0.279. The van der Waals surface area contributed by atoms with Crippen LogP contribution in [0, 0.1) is 33.5 Å². The van der Waals surface area contributed by atoms with Gasteiger partial charge in [0.2, 0.25) is 0 Å². The van der Waals surface area contributed by atoms with Gasteiger partial charge in [0.25, 0.3) is 0 Å². The monoisotopic (exact) mass is 610 g/mol. The van der Waals surface area contributed by atoms with Gasteiger partial charge >= 0.3 is 11.9 Å². The Morgan fingerprint density at radius 3 is 2.64 bits per heavy atom. The first kappa shape index (κ1) is 28.9. The van der Waals surface area contributed by atoms with E-state index in [1.165, 1.54) is 0 Å². The lowest BCUT2D eigenvalue weighted by Crippen LogP contribution is -2.79. The van der Waals surface area contributed by atoms with E-state index in [0.29, 0.717) is 31.4 Å². The maximum atomic E-state index is 14.9. The Kier molecular flexibility index (Phi) is 5.81. The molecule has 11 atom stereocenters. The molecular formula is C34H42O10. The number of carbonyl (C=O) groups is 3. The van der Waals surface area contributed by atoms with E-state index >= 15 is 0 Å². The van der Waals surface area contributed by atoms with Gasteiger partial charge in [-0.1, -0.05) is 32.4 Å². The topological polar surface area (TPSA) is 145 Å². The number of carbonyl (C=O) groups excluding carboxylic acids is 3. The zero-order valence-corrected chi connectivity index (χ0v) is 25.8. The maximum absolute atomic E-state index is 14.9. The number of aliphatic hydroxyl groups excluding tert-OH is 2. The zero-order valence-electron chi connectivity index (χ0n) is 25.8. The van der Waals surface area contributed by atoms with Gasteiger partial charge in [-0.2, -0.15) is 0 Å². The van der Waals surface area contributed by atoms with Crippen molar-refractivity contribution in [1.82, 2.24) is 0 Å². The Bertz CT molecular complexity index is 1480. The zero-order chi connectivity index (χ0) is 31.1. The summed E-state index contributed by atoms with van der Waals surface area (Å²) in [5, 5.41) is 22.5. The van der Waals surface area contributed by atoms with Gasteiger partial charge in [0.1, 0.15) is 30.2 Å². The molecule has 2 saturated carbocycles. The van der Waals surface area contributed by atoms with Gasteiger partial charge in [0, 0.05) is 29.4 Å². The summed E-state index contributed by atoms with van der Waals surface area (Å²) >= 11 is 0. The van der Waals surface area contributed by atoms with Gasteiger partial charge in [0.15, 0.2) is 11.9 Å². The number of hydrogen-bond donors (Lipinski definition) is 2. The summed E-state index contributed by atoms with van der Waals surface area (Å²) in [5.74, 6) is -0.913. The van der Waals surface area contributed by atoms with Crippen LogP contribution in [0.2, 0.25) is 0 Å². The van der Waals surface area contributed by atoms with Crippen molar-refractivity contribution < 1.29 is 48.0 Å². The fraction of sp³-hybridized carbons (Fsp3) is 0.735. The van der Waals surface area contributed by atoms with Crippen LogP contribution in [0.25, 0.3) is 0 Å². The molecule has 238 valence electrons. The molecule has 0 aromatic carbocycles. The van der Waals surface area contributed by atoms with E-state index in [9.17, 15) is 24.6 Å². The number of furan rings is 1. The molecule has 4 saturated heterocycles. The highest BCUT2D eigenvalue weighted by atomic mass is 16.7. The molecule has 1 aromatic rings. The van der Waals surface area contributed by atoms with Crippen molar-refractivity contribution >= 4 is 17.7 Å². The van der Waals surface area contributed by atoms with Gasteiger partial charge in [-0.25, -0.2) is 4.79 Å². The highest BCUT2D eigenvalue weighted by molar-refractivity contribution is 5.97. The first-order valence-corrected chi connectivity index (χ1v) is 16.2. The van der Waals surface area contributed by atoms with Crippen molar-refractivity contribution in [2.45, 2.75) is 108 Å². The van der Waals surface area contributed by atoms with Crippen LogP contribution in [-0.2, 0) is 39.8 Å². The van der Waals surface area contributed by atoms with Crippen molar-refractivity contribution in [3.63, 3.8) is 0 Å². The molecule has 0 amide bonds. The Balaban J connectivity index is 1.30. The van der Waals surface area contributed by atoms with Crippen LogP contribution < -0.4 is 0 Å². The van der Waals surface area contributed by atoms with Gasteiger partial charge in [-0.05, 0) is 57.4 Å². The molecular weight excluding hydrogens is 568 g/mol. The number of ketones is 1. The first-order chi connectivity index (χ1) is 20.9. The van der Waals surface area contributed by atoms with Crippen molar-refractivity contribution in [3.05, 3.63) is 35.8 Å². The van der Waals surface area contributed by atoms with E-state index in [-0.39, 0.29) is 43.2 Å². The first-order valence-electron chi connectivity index (χ1n) is 16.2.